The van der Waals surface area contributed by atoms with Crippen molar-refractivity contribution in [3.05, 3.63) is 23.8 Å². The van der Waals surface area contributed by atoms with Gasteiger partial charge in [-0.2, -0.15) is 0 Å². The van der Waals surface area contributed by atoms with E-state index in [1.807, 2.05) is 6.07 Å². The average Bonchev–Trinajstić information content (AvgIpc) is 2.85. The number of hydrogen-bond acceptors (Lipinski definition) is 4. The van der Waals surface area contributed by atoms with E-state index in [1.165, 1.54) is 5.56 Å². The molecule has 0 bridgehead atoms. The topological polar surface area (TPSA) is 56.5 Å². The van der Waals surface area contributed by atoms with Crippen LogP contribution in [0.15, 0.2) is 18.2 Å². The maximum Gasteiger partial charge on any atom is 0.231 e. The summed E-state index contributed by atoms with van der Waals surface area (Å²) in [5.41, 5.74) is 7.03. The maximum atomic E-state index is 5.76. The van der Waals surface area contributed by atoms with Gasteiger partial charge in [-0.1, -0.05) is 19.9 Å². The Kier molecular flexibility index (Phi) is 5.05. The first-order valence-corrected chi connectivity index (χ1v) is 7.00. The summed E-state index contributed by atoms with van der Waals surface area (Å²) in [5, 5.41) is 3.48. The quantitative estimate of drug-likeness (QED) is 0.737. The summed E-state index contributed by atoms with van der Waals surface area (Å²) in [7, 11) is 0. The molecule has 0 radical (unpaired) electrons. The van der Waals surface area contributed by atoms with Crippen LogP contribution in [0.5, 0.6) is 11.5 Å². The van der Waals surface area contributed by atoms with Crippen LogP contribution in [0.2, 0.25) is 0 Å². The maximum absolute atomic E-state index is 5.76. The predicted molar refractivity (Wildman–Crippen MR) is 76.5 cm³/mol. The van der Waals surface area contributed by atoms with E-state index in [4.69, 9.17) is 15.2 Å². The zero-order valence-electron chi connectivity index (χ0n) is 11.8. The molecular formula is C15H24N2O2. The van der Waals surface area contributed by atoms with Gasteiger partial charge in [0.25, 0.3) is 0 Å². The third kappa shape index (κ3) is 3.85. The van der Waals surface area contributed by atoms with Crippen molar-refractivity contribution in [3.63, 3.8) is 0 Å². The number of fused-ring (bicyclic) bond motifs is 1. The molecule has 1 atom stereocenters. The molecule has 1 aliphatic heterocycles. The van der Waals surface area contributed by atoms with Gasteiger partial charge in [0.2, 0.25) is 6.79 Å². The number of ether oxygens (including phenoxy) is 2. The summed E-state index contributed by atoms with van der Waals surface area (Å²) in [5.74, 6) is 2.89. The molecule has 1 heterocycles. The van der Waals surface area contributed by atoms with Gasteiger partial charge in [0.15, 0.2) is 11.5 Å². The zero-order chi connectivity index (χ0) is 13.7. The minimum absolute atomic E-state index is 0.337. The van der Waals surface area contributed by atoms with Crippen molar-refractivity contribution >= 4 is 0 Å². The lowest BCUT2D eigenvalue weighted by Gasteiger charge is -2.19. The van der Waals surface area contributed by atoms with Gasteiger partial charge in [-0.3, -0.25) is 0 Å². The van der Waals surface area contributed by atoms with Crippen molar-refractivity contribution < 1.29 is 9.47 Å². The van der Waals surface area contributed by atoms with Gasteiger partial charge >= 0.3 is 0 Å². The Morgan fingerprint density at radius 1 is 1.26 bits per heavy atom. The summed E-state index contributed by atoms with van der Waals surface area (Å²) in [6, 6.07) is 6.14. The van der Waals surface area contributed by atoms with Crippen LogP contribution in [0.25, 0.3) is 0 Å². The van der Waals surface area contributed by atoms with Gasteiger partial charge in [0.05, 0.1) is 0 Å². The highest BCUT2D eigenvalue weighted by Gasteiger charge is 2.13. The molecule has 0 spiro atoms. The Bertz CT molecular complexity index is 407. The third-order valence-corrected chi connectivity index (χ3v) is 3.68. The van der Waals surface area contributed by atoms with Crippen molar-refractivity contribution in [2.75, 3.05) is 26.4 Å². The molecule has 0 aromatic heterocycles. The van der Waals surface area contributed by atoms with Crippen molar-refractivity contribution in [2.45, 2.75) is 20.3 Å². The molecule has 1 aromatic rings. The molecule has 1 unspecified atom stereocenters. The van der Waals surface area contributed by atoms with E-state index in [2.05, 4.69) is 31.3 Å². The highest BCUT2D eigenvalue weighted by molar-refractivity contribution is 5.44. The minimum atomic E-state index is 0.337. The smallest absolute Gasteiger partial charge is 0.231 e. The average molecular weight is 264 g/mol. The Morgan fingerprint density at radius 2 is 2.05 bits per heavy atom. The first-order chi connectivity index (χ1) is 9.20. The number of hydrogen-bond donors (Lipinski definition) is 2. The lowest BCUT2D eigenvalue weighted by atomic mass is 9.96. The molecule has 2 rings (SSSR count). The van der Waals surface area contributed by atoms with Gasteiger partial charge in [-0.15, -0.1) is 0 Å². The van der Waals surface area contributed by atoms with Crippen molar-refractivity contribution in [1.82, 2.24) is 5.32 Å². The molecule has 4 heteroatoms. The third-order valence-electron chi connectivity index (χ3n) is 3.68. The lowest BCUT2D eigenvalue weighted by molar-refractivity contribution is 0.174. The van der Waals surface area contributed by atoms with Crippen LogP contribution >= 0.6 is 0 Å². The van der Waals surface area contributed by atoms with E-state index >= 15 is 0 Å². The van der Waals surface area contributed by atoms with Crippen LogP contribution < -0.4 is 20.5 Å². The Morgan fingerprint density at radius 3 is 2.79 bits per heavy atom. The van der Waals surface area contributed by atoms with Gasteiger partial charge in [-0.05, 0) is 55.6 Å². The van der Waals surface area contributed by atoms with E-state index in [-0.39, 0.29) is 0 Å². The molecule has 1 aliphatic rings. The molecule has 1 aromatic carbocycles. The first-order valence-electron chi connectivity index (χ1n) is 7.00. The summed E-state index contributed by atoms with van der Waals surface area (Å²) in [6.07, 6.45) is 0.992. The SMILES string of the molecule is CC(C)C(CN)CNCCc1ccc2c(c1)OCO2. The van der Waals surface area contributed by atoms with Gasteiger partial charge in [0.1, 0.15) is 0 Å². The second-order valence-corrected chi connectivity index (χ2v) is 5.38. The lowest BCUT2D eigenvalue weighted by Crippen LogP contribution is -2.32. The Balaban J connectivity index is 1.74. The summed E-state index contributed by atoms with van der Waals surface area (Å²) >= 11 is 0. The summed E-state index contributed by atoms with van der Waals surface area (Å²) in [6.45, 7) is 7.47. The minimum Gasteiger partial charge on any atom is -0.454 e. The molecule has 19 heavy (non-hydrogen) atoms. The highest BCUT2D eigenvalue weighted by atomic mass is 16.7. The number of nitrogens with one attached hydrogen (secondary N) is 1. The van der Waals surface area contributed by atoms with Gasteiger partial charge in [0, 0.05) is 0 Å². The standard InChI is InChI=1S/C15H24N2O2/c1-11(2)13(8-16)9-17-6-5-12-3-4-14-15(7-12)19-10-18-14/h3-4,7,11,13,17H,5-6,8-10,16H2,1-2H3. The molecule has 0 aliphatic carbocycles. The van der Waals surface area contributed by atoms with E-state index in [1.54, 1.807) is 0 Å². The fourth-order valence-electron chi connectivity index (χ4n) is 2.21. The zero-order valence-corrected chi connectivity index (χ0v) is 11.8. The molecule has 4 nitrogen and oxygen atoms in total. The summed E-state index contributed by atoms with van der Waals surface area (Å²) < 4.78 is 10.7. The van der Waals surface area contributed by atoms with Crippen LogP contribution in [-0.4, -0.2) is 26.4 Å². The monoisotopic (exact) mass is 264 g/mol. The highest BCUT2D eigenvalue weighted by Crippen LogP contribution is 2.32. The van der Waals surface area contributed by atoms with Crippen LogP contribution in [0.3, 0.4) is 0 Å². The Labute approximate surface area is 115 Å². The van der Waals surface area contributed by atoms with Crippen LogP contribution in [0.1, 0.15) is 19.4 Å². The fraction of sp³-hybridized carbons (Fsp3) is 0.600. The molecule has 0 saturated heterocycles. The van der Waals surface area contributed by atoms with E-state index in [0.717, 1.165) is 37.6 Å². The molecular weight excluding hydrogens is 240 g/mol. The largest absolute Gasteiger partial charge is 0.454 e. The van der Waals surface area contributed by atoms with Crippen molar-refractivity contribution in [1.29, 1.82) is 0 Å². The first kappa shape index (κ1) is 14.2. The van der Waals surface area contributed by atoms with Crippen molar-refractivity contribution in [2.24, 2.45) is 17.6 Å². The van der Waals surface area contributed by atoms with Crippen LogP contribution in [0.4, 0.5) is 0 Å². The normalized spacial score (nSPS) is 14.9. The summed E-state index contributed by atoms with van der Waals surface area (Å²) in [4.78, 5) is 0. The fourth-order valence-corrected chi connectivity index (χ4v) is 2.21. The van der Waals surface area contributed by atoms with Gasteiger partial charge < -0.3 is 20.5 Å². The second kappa shape index (κ2) is 6.78. The number of nitrogens with two attached hydrogens (primary N) is 1. The van der Waals surface area contributed by atoms with Crippen LogP contribution in [-0.2, 0) is 6.42 Å². The Hall–Kier alpha value is -1.26. The molecule has 0 amide bonds. The number of benzene rings is 1. The molecule has 0 saturated carbocycles. The molecule has 3 N–H and O–H groups in total. The van der Waals surface area contributed by atoms with E-state index in [9.17, 15) is 0 Å². The van der Waals surface area contributed by atoms with Crippen molar-refractivity contribution in [3.8, 4) is 11.5 Å². The molecule has 0 fully saturated rings. The van der Waals surface area contributed by atoms with Crippen LogP contribution in [0, 0.1) is 11.8 Å². The number of rotatable bonds is 7. The molecule has 106 valence electrons. The second-order valence-electron chi connectivity index (χ2n) is 5.38. The predicted octanol–water partition coefficient (Wildman–Crippen LogP) is 1.78. The van der Waals surface area contributed by atoms with E-state index < -0.39 is 0 Å². The van der Waals surface area contributed by atoms with Gasteiger partial charge in [-0.25, -0.2) is 0 Å². The van der Waals surface area contributed by atoms with E-state index in [0.29, 0.717) is 18.6 Å².